The monoisotopic (exact) mass is 176 g/mol. The number of ether oxygens (including phenoxy) is 1. The molecule has 0 saturated carbocycles. The van der Waals surface area contributed by atoms with Crippen molar-refractivity contribution in [3.8, 4) is 0 Å². The SMILES string of the molecule is CC(C)(O)COCC(C)(C)CO. The van der Waals surface area contributed by atoms with Crippen LogP contribution in [0, 0.1) is 5.41 Å². The highest BCUT2D eigenvalue weighted by molar-refractivity contribution is 4.68. The van der Waals surface area contributed by atoms with E-state index < -0.39 is 5.60 Å². The van der Waals surface area contributed by atoms with Gasteiger partial charge in [-0.1, -0.05) is 13.8 Å². The molecule has 3 nitrogen and oxygen atoms in total. The number of aliphatic hydroxyl groups is 2. The van der Waals surface area contributed by atoms with Crippen LogP contribution in [-0.2, 0) is 4.74 Å². The fourth-order valence-corrected chi connectivity index (χ4v) is 0.623. The predicted octanol–water partition coefficient (Wildman–Crippen LogP) is 0.792. The van der Waals surface area contributed by atoms with E-state index in [1.54, 1.807) is 13.8 Å². The van der Waals surface area contributed by atoms with Crippen LogP contribution < -0.4 is 0 Å². The van der Waals surface area contributed by atoms with Gasteiger partial charge in [0.2, 0.25) is 0 Å². The Bertz CT molecular complexity index is 124. The van der Waals surface area contributed by atoms with Gasteiger partial charge in [0.05, 0.1) is 25.4 Å². The number of hydrogen-bond donors (Lipinski definition) is 2. The summed E-state index contributed by atoms with van der Waals surface area (Å²) in [6, 6.07) is 0. The van der Waals surface area contributed by atoms with Gasteiger partial charge < -0.3 is 14.9 Å². The molecule has 0 aromatic heterocycles. The van der Waals surface area contributed by atoms with Crippen molar-refractivity contribution in [3.05, 3.63) is 0 Å². The highest BCUT2D eigenvalue weighted by Gasteiger charge is 2.19. The summed E-state index contributed by atoms with van der Waals surface area (Å²) in [5.41, 5.74) is -1.00. The molecule has 0 bridgehead atoms. The Kier molecular flexibility index (Phi) is 4.17. The Hall–Kier alpha value is -0.120. The molecule has 0 aromatic rings. The minimum Gasteiger partial charge on any atom is -0.396 e. The van der Waals surface area contributed by atoms with Crippen molar-refractivity contribution < 1.29 is 14.9 Å². The lowest BCUT2D eigenvalue weighted by atomic mass is 9.96. The van der Waals surface area contributed by atoms with Crippen LogP contribution in [-0.4, -0.2) is 35.6 Å². The summed E-state index contributed by atoms with van der Waals surface area (Å²) in [7, 11) is 0. The summed E-state index contributed by atoms with van der Waals surface area (Å²) in [6.07, 6.45) is 0. The molecule has 0 unspecified atom stereocenters. The first kappa shape index (κ1) is 11.9. The van der Waals surface area contributed by atoms with Gasteiger partial charge >= 0.3 is 0 Å². The van der Waals surface area contributed by atoms with Gasteiger partial charge in [0.1, 0.15) is 0 Å². The molecule has 0 atom stereocenters. The lowest BCUT2D eigenvalue weighted by Gasteiger charge is -2.24. The molecule has 0 amide bonds. The van der Waals surface area contributed by atoms with E-state index >= 15 is 0 Å². The second-order valence-corrected chi connectivity index (χ2v) is 4.63. The molecule has 12 heavy (non-hydrogen) atoms. The fraction of sp³-hybridized carbons (Fsp3) is 1.00. The maximum Gasteiger partial charge on any atom is 0.0824 e. The quantitative estimate of drug-likeness (QED) is 0.651. The first-order chi connectivity index (χ1) is 5.27. The van der Waals surface area contributed by atoms with Gasteiger partial charge in [-0.05, 0) is 13.8 Å². The standard InChI is InChI=1S/C9H20O3/c1-8(2,5-10)6-12-7-9(3,4)11/h10-11H,5-7H2,1-4H3. The summed E-state index contributed by atoms with van der Waals surface area (Å²) in [5, 5.41) is 18.2. The molecule has 0 saturated heterocycles. The maximum absolute atomic E-state index is 9.30. The van der Waals surface area contributed by atoms with Crippen LogP contribution in [0.5, 0.6) is 0 Å². The maximum atomic E-state index is 9.30. The third-order valence-electron chi connectivity index (χ3n) is 1.38. The zero-order valence-corrected chi connectivity index (χ0v) is 8.42. The lowest BCUT2D eigenvalue weighted by molar-refractivity contribution is -0.0510. The molecule has 0 aliphatic heterocycles. The summed E-state index contributed by atoms with van der Waals surface area (Å²) >= 11 is 0. The highest BCUT2D eigenvalue weighted by atomic mass is 16.5. The smallest absolute Gasteiger partial charge is 0.0824 e. The number of aliphatic hydroxyl groups excluding tert-OH is 1. The molecular formula is C9H20O3. The summed E-state index contributed by atoms with van der Waals surface area (Å²) in [4.78, 5) is 0. The Balaban J connectivity index is 3.57. The fourth-order valence-electron chi connectivity index (χ4n) is 0.623. The minimum absolute atomic E-state index is 0.0961. The Morgan fingerprint density at radius 3 is 1.92 bits per heavy atom. The zero-order valence-electron chi connectivity index (χ0n) is 8.42. The molecule has 0 rings (SSSR count). The van der Waals surface area contributed by atoms with Gasteiger partial charge in [0, 0.05) is 5.41 Å². The largest absolute Gasteiger partial charge is 0.396 e. The highest BCUT2D eigenvalue weighted by Crippen LogP contribution is 2.14. The molecule has 3 heteroatoms. The van der Waals surface area contributed by atoms with Crippen molar-refractivity contribution in [2.24, 2.45) is 5.41 Å². The van der Waals surface area contributed by atoms with E-state index in [-0.39, 0.29) is 12.0 Å². The third-order valence-corrected chi connectivity index (χ3v) is 1.38. The summed E-state index contributed by atoms with van der Waals surface area (Å²) in [5.74, 6) is 0. The molecule has 0 spiro atoms. The van der Waals surface area contributed by atoms with E-state index in [2.05, 4.69) is 0 Å². The van der Waals surface area contributed by atoms with Gasteiger partial charge in [-0.2, -0.15) is 0 Å². The summed E-state index contributed by atoms with van der Waals surface area (Å²) in [6.45, 7) is 8.08. The molecule has 0 aliphatic rings. The van der Waals surface area contributed by atoms with E-state index in [1.165, 1.54) is 0 Å². The lowest BCUT2D eigenvalue weighted by Crippen LogP contribution is -2.31. The minimum atomic E-state index is -0.786. The normalized spacial score (nSPS) is 13.5. The summed E-state index contributed by atoms with van der Waals surface area (Å²) < 4.78 is 5.24. The first-order valence-electron chi connectivity index (χ1n) is 4.18. The van der Waals surface area contributed by atoms with Crippen molar-refractivity contribution in [2.45, 2.75) is 33.3 Å². The van der Waals surface area contributed by atoms with E-state index in [4.69, 9.17) is 9.84 Å². The zero-order chi connectivity index (χ0) is 9.83. The van der Waals surface area contributed by atoms with Crippen molar-refractivity contribution in [1.82, 2.24) is 0 Å². The Morgan fingerprint density at radius 2 is 1.58 bits per heavy atom. The van der Waals surface area contributed by atoms with Crippen LogP contribution in [0.25, 0.3) is 0 Å². The van der Waals surface area contributed by atoms with E-state index in [0.717, 1.165) is 0 Å². The average Bonchev–Trinajstić information content (AvgIpc) is 1.84. The predicted molar refractivity (Wildman–Crippen MR) is 48.0 cm³/mol. The van der Waals surface area contributed by atoms with Crippen LogP contribution in [0.3, 0.4) is 0 Å². The van der Waals surface area contributed by atoms with Gasteiger partial charge in [0.15, 0.2) is 0 Å². The topological polar surface area (TPSA) is 49.7 Å². The molecule has 74 valence electrons. The molecule has 0 aliphatic carbocycles. The average molecular weight is 176 g/mol. The van der Waals surface area contributed by atoms with Crippen LogP contribution in [0.15, 0.2) is 0 Å². The van der Waals surface area contributed by atoms with Gasteiger partial charge in [0.25, 0.3) is 0 Å². The molecule has 0 fully saturated rings. The van der Waals surface area contributed by atoms with Crippen molar-refractivity contribution >= 4 is 0 Å². The first-order valence-corrected chi connectivity index (χ1v) is 4.18. The second kappa shape index (κ2) is 4.21. The molecule has 0 radical (unpaired) electrons. The van der Waals surface area contributed by atoms with Crippen molar-refractivity contribution in [3.63, 3.8) is 0 Å². The number of rotatable bonds is 5. The number of hydrogen-bond acceptors (Lipinski definition) is 3. The third kappa shape index (κ3) is 6.58. The molecule has 0 aromatic carbocycles. The van der Waals surface area contributed by atoms with Crippen LogP contribution in [0.2, 0.25) is 0 Å². The second-order valence-electron chi connectivity index (χ2n) is 4.63. The molecule has 2 N–H and O–H groups in total. The van der Waals surface area contributed by atoms with Crippen molar-refractivity contribution in [1.29, 1.82) is 0 Å². The van der Waals surface area contributed by atoms with Crippen LogP contribution in [0.4, 0.5) is 0 Å². The molecular weight excluding hydrogens is 156 g/mol. The molecule has 0 heterocycles. The Morgan fingerprint density at radius 1 is 1.08 bits per heavy atom. The van der Waals surface area contributed by atoms with E-state index in [0.29, 0.717) is 13.2 Å². The van der Waals surface area contributed by atoms with E-state index in [9.17, 15) is 5.11 Å². The van der Waals surface area contributed by atoms with Crippen LogP contribution >= 0.6 is 0 Å². The van der Waals surface area contributed by atoms with E-state index in [1.807, 2.05) is 13.8 Å². The van der Waals surface area contributed by atoms with Crippen molar-refractivity contribution in [2.75, 3.05) is 19.8 Å². The van der Waals surface area contributed by atoms with Gasteiger partial charge in [-0.15, -0.1) is 0 Å². The van der Waals surface area contributed by atoms with Crippen LogP contribution in [0.1, 0.15) is 27.7 Å². The van der Waals surface area contributed by atoms with Gasteiger partial charge in [-0.3, -0.25) is 0 Å². The van der Waals surface area contributed by atoms with Gasteiger partial charge in [-0.25, -0.2) is 0 Å². The Labute approximate surface area is 74.4 Å².